The Balaban J connectivity index is 2.45. The van der Waals surface area contributed by atoms with Gasteiger partial charge in [0.25, 0.3) is 0 Å². The van der Waals surface area contributed by atoms with Gasteiger partial charge in [-0.2, -0.15) is 0 Å². The summed E-state index contributed by atoms with van der Waals surface area (Å²) >= 11 is 0. The van der Waals surface area contributed by atoms with E-state index in [2.05, 4.69) is 10.6 Å². The average Bonchev–Trinajstić information content (AvgIpc) is 3.09. The third-order valence-electron chi connectivity index (χ3n) is 3.46. The topological polar surface area (TPSA) is 78.4 Å². The maximum atomic E-state index is 11.7. The number of hydrogen-bond acceptors (Lipinski definition) is 3. The summed E-state index contributed by atoms with van der Waals surface area (Å²) in [4.78, 5) is 22.9. The number of carbonyl (C=O) groups is 2. The van der Waals surface area contributed by atoms with Crippen molar-refractivity contribution in [2.45, 2.75) is 51.6 Å². The van der Waals surface area contributed by atoms with Crippen LogP contribution in [0.5, 0.6) is 0 Å². The van der Waals surface area contributed by atoms with E-state index in [0.29, 0.717) is 0 Å². The van der Waals surface area contributed by atoms with E-state index in [1.807, 2.05) is 13.8 Å². The highest BCUT2D eigenvalue weighted by molar-refractivity contribution is 5.88. The minimum absolute atomic E-state index is 0.0764. The molecular formula is C12H22N2O3. The second kappa shape index (κ2) is 5.49. The van der Waals surface area contributed by atoms with Gasteiger partial charge in [0.2, 0.25) is 5.91 Å². The molecule has 1 rings (SSSR count). The van der Waals surface area contributed by atoms with E-state index in [-0.39, 0.29) is 24.4 Å². The number of carbonyl (C=O) groups excluding carboxylic acids is 1. The lowest BCUT2D eigenvalue weighted by Crippen LogP contribution is -2.56. The van der Waals surface area contributed by atoms with Gasteiger partial charge in [0, 0.05) is 6.04 Å². The number of rotatable bonds is 7. The molecule has 3 N–H and O–H groups in total. The summed E-state index contributed by atoms with van der Waals surface area (Å²) in [7, 11) is 0. The molecule has 0 radical (unpaired) electrons. The minimum atomic E-state index is -1.10. The van der Waals surface area contributed by atoms with Gasteiger partial charge < -0.3 is 15.7 Å². The number of carboxylic acid groups (broad SMARTS) is 1. The van der Waals surface area contributed by atoms with Crippen LogP contribution in [-0.2, 0) is 9.59 Å². The van der Waals surface area contributed by atoms with E-state index in [1.54, 1.807) is 6.92 Å². The first-order valence-corrected chi connectivity index (χ1v) is 6.18. The molecule has 5 heteroatoms. The Morgan fingerprint density at radius 3 is 2.47 bits per heavy atom. The Hall–Kier alpha value is -1.10. The Morgan fingerprint density at radius 1 is 1.47 bits per heavy atom. The molecule has 98 valence electrons. The molecule has 1 aliphatic rings. The number of amides is 1. The van der Waals surface area contributed by atoms with Gasteiger partial charge in [-0.1, -0.05) is 6.92 Å². The molecule has 0 aromatic carbocycles. The fourth-order valence-electron chi connectivity index (χ4n) is 1.74. The lowest BCUT2D eigenvalue weighted by Gasteiger charge is -2.26. The van der Waals surface area contributed by atoms with Gasteiger partial charge in [-0.15, -0.1) is 0 Å². The quantitative estimate of drug-likeness (QED) is 0.615. The van der Waals surface area contributed by atoms with Crippen molar-refractivity contribution in [3.05, 3.63) is 0 Å². The van der Waals surface area contributed by atoms with E-state index < -0.39 is 11.5 Å². The maximum absolute atomic E-state index is 11.7. The predicted octanol–water partition coefficient (Wildman–Crippen LogP) is 0.744. The summed E-state index contributed by atoms with van der Waals surface area (Å²) in [5.41, 5.74) is -1.10. The molecule has 0 aromatic rings. The highest BCUT2D eigenvalue weighted by atomic mass is 16.4. The summed E-state index contributed by atoms with van der Waals surface area (Å²) in [6.45, 7) is 5.78. The molecule has 0 spiro atoms. The zero-order valence-corrected chi connectivity index (χ0v) is 10.7. The molecule has 1 fully saturated rings. The number of hydrogen-bond donors (Lipinski definition) is 3. The van der Waals surface area contributed by atoms with E-state index in [1.165, 1.54) is 0 Å². The van der Waals surface area contributed by atoms with E-state index in [0.717, 1.165) is 19.3 Å². The molecular weight excluding hydrogens is 220 g/mol. The highest BCUT2D eigenvalue weighted by Crippen LogP contribution is 2.39. The zero-order chi connectivity index (χ0) is 13.1. The van der Waals surface area contributed by atoms with Gasteiger partial charge in [-0.3, -0.25) is 4.79 Å². The second-order valence-corrected chi connectivity index (χ2v) is 5.02. The van der Waals surface area contributed by atoms with Gasteiger partial charge in [0.15, 0.2) is 0 Å². The molecule has 1 amide bonds. The molecule has 17 heavy (non-hydrogen) atoms. The normalized spacial score (nSPS) is 20.4. The first kappa shape index (κ1) is 14.0. The summed E-state index contributed by atoms with van der Waals surface area (Å²) in [5.74, 6) is -1.12. The van der Waals surface area contributed by atoms with Crippen LogP contribution >= 0.6 is 0 Å². The zero-order valence-electron chi connectivity index (χ0n) is 10.7. The Kier molecular flexibility index (Phi) is 4.51. The summed E-state index contributed by atoms with van der Waals surface area (Å²) in [6.07, 6.45) is 2.69. The summed E-state index contributed by atoms with van der Waals surface area (Å²) in [5, 5.41) is 14.9. The van der Waals surface area contributed by atoms with Crippen molar-refractivity contribution in [1.82, 2.24) is 10.6 Å². The molecule has 2 unspecified atom stereocenters. The number of nitrogens with one attached hydrogen (secondary N) is 2. The monoisotopic (exact) mass is 242 g/mol. The van der Waals surface area contributed by atoms with Crippen molar-refractivity contribution in [3.63, 3.8) is 0 Å². The summed E-state index contributed by atoms with van der Waals surface area (Å²) < 4.78 is 0. The van der Waals surface area contributed by atoms with Gasteiger partial charge >= 0.3 is 5.97 Å². The van der Waals surface area contributed by atoms with Crippen LogP contribution in [0.3, 0.4) is 0 Å². The van der Waals surface area contributed by atoms with E-state index >= 15 is 0 Å². The number of carboxylic acids is 1. The maximum Gasteiger partial charge on any atom is 0.329 e. The molecule has 1 aliphatic carbocycles. The van der Waals surface area contributed by atoms with Gasteiger partial charge in [0.1, 0.15) is 5.54 Å². The van der Waals surface area contributed by atoms with Crippen LogP contribution in [0.4, 0.5) is 0 Å². The van der Waals surface area contributed by atoms with Crippen molar-refractivity contribution in [3.8, 4) is 0 Å². The Bertz CT molecular complexity index is 302. The molecule has 0 aromatic heterocycles. The van der Waals surface area contributed by atoms with Crippen LogP contribution in [0.2, 0.25) is 0 Å². The SMILES string of the molecule is CCC(C)NCC(=O)NC(C)(C(=O)O)C1CC1. The van der Waals surface area contributed by atoms with Gasteiger partial charge in [0.05, 0.1) is 6.54 Å². The molecule has 0 bridgehead atoms. The molecule has 1 saturated carbocycles. The molecule has 0 aliphatic heterocycles. The standard InChI is InChI=1S/C12H22N2O3/c1-4-8(2)13-7-10(15)14-12(3,11(16)17)9-5-6-9/h8-9,13H,4-7H2,1-3H3,(H,14,15)(H,16,17). The predicted molar refractivity (Wildman–Crippen MR) is 64.7 cm³/mol. The minimum Gasteiger partial charge on any atom is -0.480 e. The van der Waals surface area contributed by atoms with E-state index in [9.17, 15) is 14.7 Å². The van der Waals surface area contributed by atoms with Crippen LogP contribution in [-0.4, -0.2) is 35.1 Å². The van der Waals surface area contributed by atoms with Crippen LogP contribution in [0.15, 0.2) is 0 Å². The Labute approximate surface area is 102 Å². The summed E-state index contributed by atoms with van der Waals surface area (Å²) in [6, 6.07) is 0.262. The van der Waals surface area contributed by atoms with Crippen molar-refractivity contribution < 1.29 is 14.7 Å². The highest BCUT2D eigenvalue weighted by Gasteiger charge is 2.48. The van der Waals surface area contributed by atoms with Crippen molar-refractivity contribution in [2.75, 3.05) is 6.54 Å². The third-order valence-corrected chi connectivity index (χ3v) is 3.46. The average molecular weight is 242 g/mol. The van der Waals surface area contributed by atoms with Gasteiger partial charge in [-0.25, -0.2) is 4.79 Å². The Morgan fingerprint density at radius 2 is 2.06 bits per heavy atom. The lowest BCUT2D eigenvalue weighted by molar-refractivity contribution is -0.147. The largest absolute Gasteiger partial charge is 0.480 e. The van der Waals surface area contributed by atoms with Crippen LogP contribution in [0, 0.1) is 5.92 Å². The second-order valence-electron chi connectivity index (χ2n) is 5.02. The number of aliphatic carboxylic acids is 1. The van der Waals surface area contributed by atoms with Crippen LogP contribution in [0.25, 0.3) is 0 Å². The molecule has 2 atom stereocenters. The smallest absolute Gasteiger partial charge is 0.329 e. The van der Waals surface area contributed by atoms with E-state index in [4.69, 9.17) is 0 Å². The van der Waals surface area contributed by atoms with Crippen LogP contribution < -0.4 is 10.6 Å². The fourth-order valence-corrected chi connectivity index (χ4v) is 1.74. The third kappa shape index (κ3) is 3.70. The van der Waals surface area contributed by atoms with Gasteiger partial charge in [-0.05, 0) is 39.0 Å². The van der Waals surface area contributed by atoms with Crippen molar-refractivity contribution in [2.24, 2.45) is 5.92 Å². The molecule has 0 heterocycles. The molecule has 5 nitrogen and oxygen atoms in total. The first-order chi connectivity index (χ1) is 7.90. The van der Waals surface area contributed by atoms with Crippen molar-refractivity contribution in [1.29, 1.82) is 0 Å². The lowest BCUT2D eigenvalue weighted by atomic mass is 9.96. The van der Waals surface area contributed by atoms with Crippen LogP contribution in [0.1, 0.15) is 40.0 Å². The first-order valence-electron chi connectivity index (χ1n) is 6.18. The van der Waals surface area contributed by atoms with Crippen molar-refractivity contribution >= 4 is 11.9 Å². The molecule has 0 saturated heterocycles. The fraction of sp³-hybridized carbons (Fsp3) is 0.833.